The Bertz CT molecular complexity index is 1050. The lowest BCUT2D eigenvalue weighted by atomic mass is 10.1. The molecule has 0 unspecified atom stereocenters. The molecule has 2 aromatic carbocycles. The summed E-state index contributed by atoms with van der Waals surface area (Å²) >= 11 is 0. The fourth-order valence-electron chi connectivity index (χ4n) is 2.90. The molecule has 0 bridgehead atoms. The first-order valence-corrected chi connectivity index (χ1v) is 11.1. The minimum Gasteiger partial charge on any atom is -0.491 e. The third-order valence-corrected chi connectivity index (χ3v) is 5.43. The van der Waals surface area contributed by atoms with Gasteiger partial charge in [0.1, 0.15) is 11.8 Å². The molecular formula is C20H25N3O6S. The molecule has 9 nitrogen and oxygen atoms in total. The first-order valence-electron chi connectivity index (χ1n) is 9.22. The average molecular weight is 436 g/mol. The molecule has 0 fully saturated rings. The molecule has 0 saturated carbocycles. The maximum absolute atomic E-state index is 12.8. The number of aryl methyl sites for hydroxylation is 1. The summed E-state index contributed by atoms with van der Waals surface area (Å²) in [6, 6.07) is 9.46. The Balaban J connectivity index is 2.37. The average Bonchev–Trinajstić information content (AvgIpc) is 2.61. The maximum Gasteiger partial charge on any atom is 0.271 e. The van der Waals surface area contributed by atoms with Gasteiger partial charge in [-0.05, 0) is 45.4 Å². The minimum absolute atomic E-state index is 0.0487. The number of nitrogens with zero attached hydrogens (tertiary/aromatic N) is 2. The van der Waals surface area contributed by atoms with Gasteiger partial charge in [-0.15, -0.1) is 0 Å². The number of anilines is 2. The molecule has 10 heteroatoms. The van der Waals surface area contributed by atoms with Crippen LogP contribution in [0, 0.1) is 17.0 Å². The van der Waals surface area contributed by atoms with E-state index in [0.29, 0.717) is 17.0 Å². The number of hydrogen-bond acceptors (Lipinski definition) is 6. The van der Waals surface area contributed by atoms with Crippen molar-refractivity contribution in [2.24, 2.45) is 0 Å². The van der Waals surface area contributed by atoms with Gasteiger partial charge in [0.15, 0.2) is 0 Å². The van der Waals surface area contributed by atoms with Crippen LogP contribution in [0.25, 0.3) is 0 Å². The van der Waals surface area contributed by atoms with Gasteiger partial charge < -0.3 is 10.1 Å². The summed E-state index contributed by atoms with van der Waals surface area (Å²) in [5.74, 6) is -0.0296. The number of rotatable bonds is 8. The van der Waals surface area contributed by atoms with Crippen molar-refractivity contribution in [1.82, 2.24) is 0 Å². The van der Waals surface area contributed by atoms with Crippen LogP contribution in [0.15, 0.2) is 42.5 Å². The summed E-state index contributed by atoms with van der Waals surface area (Å²) in [4.78, 5) is 23.4. The second-order valence-corrected chi connectivity index (χ2v) is 9.01. The van der Waals surface area contributed by atoms with E-state index in [4.69, 9.17) is 4.74 Å². The molecule has 1 N–H and O–H groups in total. The number of nitro benzene ring substituents is 1. The number of sulfonamides is 1. The quantitative estimate of drug-likeness (QED) is 0.501. The lowest BCUT2D eigenvalue weighted by Gasteiger charge is -2.29. The topological polar surface area (TPSA) is 119 Å². The molecule has 2 rings (SSSR count). The number of carbonyl (C=O) groups is 1. The van der Waals surface area contributed by atoms with Crippen LogP contribution < -0.4 is 14.4 Å². The van der Waals surface area contributed by atoms with Crippen molar-refractivity contribution in [3.8, 4) is 5.75 Å². The lowest BCUT2D eigenvalue weighted by Crippen LogP contribution is -2.45. The highest BCUT2D eigenvalue weighted by molar-refractivity contribution is 7.92. The molecule has 0 aromatic heterocycles. The molecule has 30 heavy (non-hydrogen) atoms. The second kappa shape index (κ2) is 9.12. The van der Waals surface area contributed by atoms with E-state index in [9.17, 15) is 23.3 Å². The zero-order valence-electron chi connectivity index (χ0n) is 17.4. The normalized spacial score (nSPS) is 12.3. The Morgan fingerprint density at radius 3 is 2.40 bits per heavy atom. The molecule has 0 spiro atoms. The highest BCUT2D eigenvalue weighted by Gasteiger charge is 2.31. The first kappa shape index (κ1) is 23.1. The molecule has 0 heterocycles. The van der Waals surface area contributed by atoms with Crippen LogP contribution >= 0.6 is 0 Å². The molecule has 0 aliphatic carbocycles. The van der Waals surface area contributed by atoms with E-state index >= 15 is 0 Å². The van der Waals surface area contributed by atoms with Crippen molar-refractivity contribution in [3.05, 3.63) is 58.1 Å². The lowest BCUT2D eigenvalue weighted by molar-refractivity contribution is -0.384. The monoisotopic (exact) mass is 435 g/mol. The molecule has 2 aromatic rings. The molecule has 162 valence electrons. The van der Waals surface area contributed by atoms with Crippen LogP contribution in [0.3, 0.4) is 0 Å². The van der Waals surface area contributed by atoms with Crippen molar-refractivity contribution in [1.29, 1.82) is 0 Å². The van der Waals surface area contributed by atoms with Crippen molar-refractivity contribution in [2.45, 2.75) is 39.8 Å². The van der Waals surface area contributed by atoms with Crippen molar-refractivity contribution in [2.75, 3.05) is 15.9 Å². The Kier molecular flexibility index (Phi) is 7.04. The maximum atomic E-state index is 12.8. The summed E-state index contributed by atoms with van der Waals surface area (Å²) in [7, 11) is -3.92. The standard InChI is InChI=1S/C20H25N3O6S/c1-13(2)29-18-8-6-7-16(11-18)21-20(24)15(4)22(30(5,27)28)19-12-17(23(25)26)10-9-14(19)3/h6-13,15H,1-5H3,(H,21,24)/t15-/m0/s1. The number of benzene rings is 2. The van der Waals surface area contributed by atoms with Crippen LogP contribution in [-0.2, 0) is 14.8 Å². The summed E-state index contributed by atoms with van der Waals surface area (Å²) in [5.41, 5.74) is 0.730. The van der Waals surface area contributed by atoms with Gasteiger partial charge in [0.25, 0.3) is 5.69 Å². The number of nitrogens with one attached hydrogen (secondary N) is 1. The van der Waals surface area contributed by atoms with Crippen LogP contribution in [0.2, 0.25) is 0 Å². The van der Waals surface area contributed by atoms with Crippen LogP contribution in [-0.4, -0.2) is 37.6 Å². The van der Waals surface area contributed by atoms with E-state index in [1.54, 1.807) is 31.2 Å². The van der Waals surface area contributed by atoms with E-state index < -0.39 is 26.9 Å². The fourth-order valence-corrected chi connectivity index (χ4v) is 4.12. The number of carbonyl (C=O) groups excluding carboxylic acids is 1. The van der Waals surface area contributed by atoms with Gasteiger partial charge in [-0.2, -0.15) is 0 Å². The number of amides is 1. The molecule has 1 atom stereocenters. The number of hydrogen-bond donors (Lipinski definition) is 1. The molecule has 0 radical (unpaired) electrons. The summed E-state index contributed by atoms with van der Waals surface area (Å²) in [6.07, 6.45) is 0.902. The van der Waals surface area contributed by atoms with Crippen molar-refractivity contribution in [3.63, 3.8) is 0 Å². The number of ether oxygens (including phenoxy) is 1. The van der Waals surface area contributed by atoms with Crippen LogP contribution in [0.5, 0.6) is 5.75 Å². The summed E-state index contributed by atoms with van der Waals surface area (Å²) < 4.78 is 31.5. The fraction of sp³-hybridized carbons (Fsp3) is 0.350. The minimum atomic E-state index is -3.92. The highest BCUT2D eigenvalue weighted by atomic mass is 32.2. The first-order chi connectivity index (χ1) is 13.9. The van der Waals surface area contributed by atoms with Gasteiger partial charge >= 0.3 is 0 Å². The number of nitro groups is 1. The van der Waals surface area contributed by atoms with E-state index in [1.165, 1.54) is 19.1 Å². The highest BCUT2D eigenvalue weighted by Crippen LogP contribution is 2.29. The van der Waals surface area contributed by atoms with E-state index in [2.05, 4.69) is 5.32 Å². The molecular weight excluding hydrogens is 410 g/mol. The third-order valence-electron chi connectivity index (χ3n) is 4.20. The van der Waals surface area contributed by atoms with Crippen molar-refractivity contribution >= 4 is 33.0 Å². The molecule has 0 saturated heterocycles. The van der Waals surface area contributed by atoms with Crippen LogP contribution in [0.1, 0.15) is 26.3 Å². The summed E-state index contributed by atoms with van der Waals surface area (Å²) in [5, 5.41) is 13.8. The second-order valence-electron chi connectivity index (χ2n) is 7.15. The molecule has 0 aliphatic heterocycles. The van der Waals surface area contributed by atoms with Crippen LogP contribution in [0.4, 0.5) is 17.1 Å². The Morgan fingerprint density at radius 1 is 1.17 bits per heavy atom. The smallest absolute Gasteiger partial charge is 0.271 e. The van der Waals surface area contributed by atoms with Gasteiger partial charge in [-0.25, -0.2) is 8.42 Å². The van der Waals surface area contributed by atoms with Gasteiger partial charge in [0.2, 0.25) is 15.9 Å². The Labute approximate surface area is 175 Å². The largest absolute Gasteiger partial charge is 0.491 e. The van der Waals surface area contributed by atoms with Gasteiger partial charge in [0, 0.05) is 23.9 Å². The molecule has 0 aliphatic rings. The van der Waals surface area contributed by atoms with Gasteiger partial charge in [0.05, 0.1) is 23.0 Å². The zero-order chi connectivity index (χ0) is 22.6. The third kappa shape index (κ3) is 5.69. The predicted molar refractivity (Wildman–Crippen MR) is 115 cm³/mol. The Morgan fingerprint density at radius 2 is 1.83 bits per heavy atom. The Hall–Kier alpha value is -3.14. The van der Waals surface area contributed by atoms with E-state index in [-0.39, 0.29) is 17.5 Å². The van der Waals surface area contributed by atoms with Crippen molar-refractivity contribution < 1.29 is 22.9 Å². The van der Waals surface area contributed by atoms with Gasteiger partial charge in [-0.3, -0.25) is 19.2 Å². The van der Waals surface area contributed by atoms with Gasteiger partial charge in [-0.1, -0.05) is 12.1 Å². The van der Waals surface area contributed by atoms with E-state index in [0.717, 1.165) is 16.6 Å². The molecule has 1 amide bonds. The van der Waals surface area contributed by atoms with E-state index in [1.807, 2.05) is 13.8 Å². The SMILES string of the molecule is Cc1ccc([N+](=O)[O-])cc1N([C@@H](C)C(=O)Nc1cccc(OC(C)C)c1)S(C)(=O)=O. The summed E-state index contributed by atoms with van der Waals surface area (Å²) in [6.45, 7) is 6.79. The predicted octanol–water partition coefficient (Wildman–Crippen LogP) is 3.48. The zero-order valence-corrected chi connectivity index (χ0v) is 18.3. The number of non-ortho nitro benzene ring substituents is 1.